The molecular formula is C19H22ClN3O5. The molecule has 1 aliphatic carbocycles. The minimum absolute atomic E-state index is 0.190. The zero-order chi connectivity index (χ0) is 20.3. The van der Waals surface area contributed by atoms with Gasteiger partial charge < -0.3 is 15.4 Å². The predicted octanol–water partition coefficient (Wildman–Crippen LogP) is 1.75. The van der Waals surface area contributed by atoms with Crippen molar-refractivity contribution < 1.29 is 23.9 Å². The van der Waals surface area contributed by atoms with Crippen LogP contribution in [0.5, 0.6) is 0 Å². The molecule has 8 nitrogen and oxygen atoms in total. The largest absolute Gasteiger partial charge is 0.451 e. The summed E-state index contributed by atoms with van der Waals surface area (Å²) >= 11 is 6.03. The number of carbonyl (C=O) groups is 4. The normalized spacial score (nSPS) is 18.9. The van der Waals surface area contributed by atoms with Crippen molar-refractivity contribution in [1.29, 1.82) is 0 Å². The lowest BCUT2D eigenvalue weighted by molar-refractivity contribution is -0.156. The molecule has 2 aliphatic rings. The summed E-state index contributed by atoms with van der Waals surface area (Å²) in [6.45, 7) is 1.09. The highest BCUT2D eigenvalue weighted by atomic mass is 35.5. The van der Waals surface area contributed by atoms with Crippen LogP contribution in [-0.4, -0.2) is 46.9 Å². The lowest BCUT2D eigenvalue weighted by atomic mass is 9.98. The fourth-order valence-electron chi connectivity index (χ4n) is 3.52. The van der Waals surface area contributed by atoms with Gasteiger partial charge in [0.2, 0.25) is 0 Å². The Labute approximate surface area is 167 Å². The van der Waals surface area contributed by atoms with E-state index in [2.05, 4.69) is 10.6 Å². The van der Waals surface area contributed by atoms with Crippen LogP contribution in [0, 0.1) is 0 Å². The maximum atomic E-state index is 12.5. The van der Waals surface area contributed by atoms with Gasteiger partial charge in [0.25, 0.3) is 11.8 Å². The summed E-state index contributed by atoms with van der Waals surface area (Å²) in [5.74, 6) is -1.72. The fourth-order valence-corrected chi connectivity index (χ4v) is 3.72. The number of nitrogens with zero attached hydrogens (tertiary/aromatic N) is 1. The number of nitrogens with one attached hydrogen (secondary N) is 2. The molecule has 0 bridgehead atoms. The minimum atomic E-state index is -1.07. The molecule has 2 N–H and O–H groups in total. The summed E-state index contributed by atoms with van der Waals surface area (Å²) in [5, 5.41) is 5.85. The predicted molar refractivity (Wildman–Crippen MR) is 100 cm³/mol. The molecule has 1 aromatic carbocycles. The van der Waals surface area contributed by atoms with Crippen molar-refractivity contribution in [1.82, 2.24) is 15.5 Å². The smallest absolute Gasteiger partial charge is 0.327 e. The number of urea groups is 1. The molecule has 3 rings (SSSR count). The minimum Gasteiger partial charge on any atom is -0.451 e. The number of rotatable bonds is 6. The Kier molecular flexibility index (Phi) is 5.88. The molecule has 28 heavy (non-hydrogen) atoms. The lowest BCUT2D eigenvalue weighted by Crippen LogP contribution is -2.45. The molecule has 1 heterocycles. The number of imide groups is 1. The van der Waals surface area contributed by atoms with E-state index in [0.717, 1.165) is 23.3 Å². The van der Waals surface area contributed by atoms with Gasteiger partial charge in [-0.3, -0.25) is 19.3 Å². The van der Waals surface area contributed by atoms with Crippen LogP contribution in [0.4, 0.5) is 4.79 Å². The van der Waals surface area contributed by atoms with Gasteiger partial charge in [0, 0.05) is 11.6 Å². The molecule has 2 fully saturated rings. The maximum absolute atomic E-state index is 12.5. The van der Waals surface area contributed by atoms with Gasteiger partial charge in [-0.05, 0) is 31.4 Å². The monoisotopic (exact) mass is 407 g/mol. The number of esters is 1. The molecule has 4 amide bonds. The number of carbonyl (C=O) groups excluding carboxylic acids is 4. The van der Waals surface area contributed by atoms with Crippen LogP contribution in [0.1, 0.15) is 38.2 Å². The Morgan fingerprint density at radius 2 is 1.96 bits per heavy atom. The highest BCUT2D eigenvalue weighted by Gasteiger charge is 2.52. The van der Waals surface area contributed by atoms with E-state index in [9.17, 15) is 19.2 Å². The lowest BCUT2D eigenvalue weighted by Gasteiger charge is -2.20. The molecule has 1 aliphatic heterocycles. The first-order valence-corrected chi connectivity index (χ1v) is 9.55. The molecule has 0 aromatic heterocycles. The Hall–Kier alpha value is -2.61. The van der Waals surface area contributed by atoms with E-state index < -0.39 is 42.0 Å². The van der Waals surface area contributed by atoms with Gasteiger partial charge in [-0.2, -0.15) is 0 Å². The Morgan fingerprint density at radius 1 is 1.29 bits per heavy atom. The molecule has 150 valence electrons. The highest BCUT2D eigenvalue weighted by Crippen LogP contribution is 2.34. The second-order valence-electron chi connectivity index (χ2n) is 7.05. The first-order valence-electron chi connectivity index (χ1n) is 9.17. The Balaban J connectivity index is 1.50. The van der Waals surface area contributed by atoms with Crippen molar-refractivity contribution in [3.63, 3.8) is 0 Å². The topological polar surface area (TPSA) is 105 Å². The second kappa shape index (κ2) is 8.18. The van der Waals surface area contributed by atoms with Crippen molar-refractivity contribution in [3.05, 3.63) is 34.9 Å². The van der Waals surface area contributed by atoms with Crippen LogP contribution < -0.4 is 10.6 Å². The number of hydrogen-bond acceptors (Lipinski definition) is 5. The van der Waals surface area contributed by atoms with Crippen LogP contribution in [0.3, 0.4) is 0 Å². The number of hydrogen-bond donors (Lipinski definition) is 2. The summed E-state index contributed by atoms with van der Waals surface area (Å²) in [5.41, 5.74) is -0.146. The molecule has 1 saturated carbocycles. The van der Waals surface area contributed by atoms with Gasteiger partial charge in [-0.1, -0.05) is 42.6 Å². The van der Waals surface area contributed by atoms with Crippen LogP contribution >= 0.6 is 11.6 Å². The van der Waals surface area contributed by atoms with Crippen molar-refractivity contribution in [2.45, 2.75) is 50.8 Å². The van der Waals surface area contributed by atoms with Crippen molar-refractivity contribution in [2.75, 3.05) is 6.54 Å². The molecule has 1 aromatic rings. The van der Waals surface area contributed by atoms with Gasteiger partial charge >= 0.3 is 12.0 Å². The van der Waals surface area contributed by atoms with E-state index in [1.165, 1.54) is 6.92 Å². The third-order valence-electron chi connectivity index (χ3n) is 5.08. The van der Waals surface area contributed by atoms with Crippen LogP contribution in [0.2, 0.25) is 5.02 Å². The van der Waals surface area contributed by atoms with Crippen LogP contribution in [0.15, 0.2) is 24.3 Å². The Bertz CT molecular complexity index is 807. The zero-order valence-corrected chi connectivity index (χ0v) is 16.3. The van der Waals surface area contributed by atoms with Gasteiger partial charge in [-0.15, -0.1) is 0 Å². The molecule has 1 saturated heterocycles. The molecule has 1 spiro atoms. The zero-order valence-electron chi connectivity index (χ0n) is 15.5. The SMILES string of the molecule is C[C@@H](OC(=O)CN1C(=O)NC2(CCCC2)C1=O)C(=O)NCc1ccccc1Cl. The quantitative estimate of drug-likeness (QED) is 0.552. The summed E-state index contributed by atoms with van der Waals surface area (Å²) in [6, 6.07) is 6.47. The number of ether oxygens (including phenoxy) is 1. The third kappa shape index (κ3) is 4.11. The van der Waals surface area contributed by atoms with Gasteiger partial charge in [0.05, 0.1) is 0 Å². The second-order valence-corrected chi connectivity index (χ2v) is 7.46. The van der Waals surface area contributed by atoms with Crippen molar-refractivity contribution >= 4 is 35.4 Å². The van der Waals surface area contributed by atoms with Gasteiger partial charge in [0.1, 0.15) is 12.1 Å². The standard InChI is InChI=1S/C19H22ClN3O5/c1-12(16(25)21-10-13-6-2-3-7-14(13)20)28-15(24)11-23-17(26)19(22-18(23)27)8-4-5-9-19/h2-3,6-7,12H,4-5,8-11H2,1H3,(H,21,25)(H,22,27)/t12-/m1/s1. The number of halogens is 1. The van der Waals surface area contributed by atoms with E-state index in [-0.39, 0.29) is 6.54 Å². The summed E-state index contributed by atoms with van der Waals surface area (Å²) < 4.78 is 5.08. The Morgan fingerprint density at radius 3 is 2.64 bits per heavy atom. The van der Waals surface area contributed by atoms with Crippen molar-refractivity contribution in [3.8, 4) is 0 Å². The van der Waals surface area contributed by atoms with E-state index in [4.69, 9.17) is 16.3 Å². The van der Waals surface area contributed by atoms with E-state index >= 15 is 0 Å². The molecule has 0 radical (unpaired) electrons. The van der Waals surface area contributed by atoms with Gasteiger partial charge in [-0.25, -0.2) is 4.79 Å². The van der Waals surface area contributed by atoms with E-state index in [0.29, 0.717) is 17.9 Å². The summed E-state index contributed by atoms with van der Waals surface area (Å²) in [7, 11) is 0. The van der Waals surface area contributed by atoms with Gasteiger partial charge in [0.15, 0.2) is 6.10 Å². The third-order valence-corrected chi connectivity index (χ3v) is 5.45. The van der Waals surface area contributed by atoms with E-state index in [1.54, 1.807) is 24.3 Å². The first-order chi connectivity index (χ1) is 13.3. The van der Waals surface area contributed by atoms with Crippen LogP contribution in [-0.2, 0) is 25.7 Å². The molecule has 0 unspecified atom stereocenters. The maximum Gasteiger partial charge on any atom is 0.327 e. The highest BCUT2D eigenvalue weighted by molar-refractivity contribution is 6.31. The average molecular weight is 408 g/mol. The van der Waals surface area contributed by atoms with Crippen molar-refractivity contribution in [2.24, 2.45) is 0 Å². The van der Waals surface area contributed by atoms with E-state index in [1.807, 2.05) is 0 Å². The molecule has 1 atom stereocenters. The molecular weight excluding hydrogens is 386 g/mol. The fraction of sp³-hybridized carbons (Fsp3) is 0.474. The van der Waals surface area contributed by atoms with Crippen LogP contribution in [0.25, 0.3) is 0 Å². The number of benzene rings is 1. The summed E-state index contributed by atoms with van der Waals surface area (Å²) in [6.07, 6.45) is 1.78. The molecule has 9 heteroatoms. The summed E-state index contributed by atoms with van der Waals surface area (Å²) in [4.78, 5) is 49.8. The first kappa shape index (κ1) is 20.1. The number of amides is 4. The average Bonchev–Trinajstić information content (AvgIpc) is 3.21.